The summed E-state index contributed by atoms with van der Waals surface area (Å²) in [4.78, 5) is 12.5. The molecule has 0 bridgehead atoms. The van der Waals surface area contributed by atoms with Gasteiger partial charge in [0.2, 0.25) is 5.91 Å². The van der Waals surface area contributed by atoms with Gasteiger partial charge in [-0.15, -0.1) is 0 Å². The molecule has 0 radical (unpaired) electrons. The Kier molecular flexibility index (Phi) is 3.93. The first-order valence-corrected chi connectivity index (χ1v) is 7.70. The van der Waals surface area contributed by atoms with E-state index in [1.54, 1.807) is 0 Å². The molecule has 1 amide bonds. The quantitative estimate of drug-likeness (QED) is 0.905. The number of amides is 1. The van der Waals surface area contributed by atoms with Crippen LogP contribution in [0.5, 0.6) is 0 Å². The summed E-state index contributed by atoms with van der Waals surface area (Å²) in [6.07, 6.45) is 4.06. The Morgan fingerprint density at radius 3 is 2.57 bits per heavy atom. The number of benzene rings is 2. The standard InChI is InChI=1S/C18H22N2O/c19-13-18(10-3-4-11-18)17(21)20-12-15-8-5-7-14-6-1-2-9-16(14)15/h1-2,5-9H,3-4,10-13,19H2,(H,20,21). The molecule has 110 valence electrons. The lowest BCUT2D eigenvalue weighted by Gasteiger charge is -2.25. The second-order valence-electron chi connectivity index (χ2n) is 6.01. The van der Waals surface area contributed by atoms with Crippen LogP contribution in [0.3, 0.4) is 0 Å². The highest BCUT2D eigenvalue weighted by molar-refractivity contribution is 5.87. The lowest BCUT2D eigenvalue weighted by Crippen LogP contribution is -2.43. The van der Waals surface area contributed by atoms with Crippen LogP contribution >= 0.6 is 0 Å². The van der Waals surface area contributed by atoms with Crippen molar-refractivity contribution in [2.75, 3.05) is 6.54 Å². The van der Waals surface area contributed by atoms with Crippen LogP contribution in [0.4, 0.5) is 0 Å². The van der Waals surface area contributed by atoms with E-state index in [0.717, 1.165) is 31.2 Å². The van der Waals surface area contributed by atoms with Crippen LogP contribution in [0.25, 0.3) is 10.8 Å². The van der Waals surface area contributed by atoms with Crippen molar-refractivity contribution in [2.24, 2.45) is 11.1 Å². The molecule has 3 heteroatoms. The van der Waals surface area contributed by atoms with Gasteiger partial charge < -0.3 is 11.1 Å². The summed E-state index contributed by atoms with van der Waals surface area (Å²) in [5.74, 6) is 0.121. The number of nitrogens with one attached hydrogen (secondary N) is 1. The zero-order chi connectivity index (χ0) is 14.7. The van der Waals surface area contributed by atoms with Gasteiger partial charge in [0.25, 0.3) is 0 Å². The van der Waals surface area contributed by atoms with Crippen molar-refractivity contribution >= 4 is 16.7 Å². The molecule has 0 unspecified atom stereocenters. The molecule has 21 heavy (non-hydrogen) atoms. The fourth-order valence-corrected chi connectivity index (χ4v) is 3.39. The van der Waals surface area contributed by atoms with Crippen molar-refractivity contribution in [3.05, 3.63) is 48.0 Å². The van der Waals surface area contributed by atoms with Crippen molar-refractivity contribution in [3.8, 4) is 0 Å². The molecule has 1 fully saturated rings. The minimum absolute atomic E-state index is 0.121. The van der Waals surface area contributed by atoms with Crippen LogP contribution in [0.15, 0.2) is 42.5 Å². The van der Waals surface area contributed by atoms with Crippen molar-refractivity contribution in [1.29, 1.82) is 0 Å². The third kappa shape index (κ3) is 2.66. The molecular weight excluding hydrogens is 260 g/mol. The lowest BCUT2D eigenvalue weighted by atomic mass is 9.85. The average Bonchev–Trinajstić information content (AvgIpc) is 3.03. The van der Waals surface area contributed by atoms with Gasteiger partial charge >= 0.3 is 0 Å². The van der Waals surface area contributed by atoms with Gasteiger partial charge in [0.15, 0.2) is 0 Å². The Labute approximate surface area is 125 Å². The van der Waals surface area contributed by atoms with E-state index in [1.807, 2.05) is 18.2 Å². The summed E-state index contributed by atoms with van der Waals surface area (Å²) < 4.78 is 0. The fourth-order valence-electron chi connectivity index (χ4n) is 3.39. The minimum atomic E-state index is -0.329. The first-order chi connectivity index (χ1) is 10.2. The number of fused-ring (bicyclic) bond motifs is 1. The Bertz CT molecular complexity index is 639. The monoisotopic (exact) mass is 282 g/mol. The Morgan fingerprint density at radius 1 is 1.10 bits per heavy atom. The summed E-state index contributed by atoms with van der Waals surface area (Å²) >= 11 is 0. The van der Waals surface area contributed by atoms with Gasteiger partial charge in [-0.2, -0.15) is 0 Å². The summed E-state index contributed by atoms with van der Waals surface area (Å²) in [6.45, 7) is 1.02. The highest BCUT2D eigenvalue weighted by Crippen LogP contribution is 2.37. The van der Waals surface area contributed by atoms with Gasteiger partial charge in [-0.1, -0.05) is 55.3 Å². The summed E-state index contributed by atoms with van der Waals surface area (Å²) in [5, 5.41) is 5.52. The summed E-state index contributed by atoms with van der Waals surface area (Å²) in [7, 11) is 0. The van der Waals surface area contributed by atoms with Crippen LogP contribution in [0, 0.1) is 5.41 Å². The van der Waals surface area contributed by atoms with Gasteiger partial charge in [-0.25, -0.2) is 0 Å². The number of hydrogen-bond acceptors (Lipinski definition) is 2. The maximum absolute atomic E-state index is 12.5. The van der Waals surface area contributed by atoms with Crippen LogP contribution in [-0.2, 0) is 11.3 Å². The predicted octanol–water partition coefficient (Wildman–Crippen LogP) is 2.98. The van der Waals surface area contributed by atoms with E-state index in [1.165, 1.54) is 10.8 Å². The Balaban J connectivity index is 1.76. The molecule has 0 heterocycles. The van der Waals surface area contributed by atoms with Crippen LogP contribution in [-0.4, -0.2) is 12.5 Å². The zero-order valence-corrected chi connectivity index (χ0v) is 12.3. The number of carbonyl (C=O) groups excluding carboxylic acids is 1. The molecule has 0 saturated heterocycles. The van der Waals surface area contributed by atoms with Crippen LogP contribution in [0.2, 0.25) is 0 Å². The normalized spacial score (nSPS) is 17.0. The van der Waals surface area contributed by atoms with E-state index >= 15 is 0 Å². The second kappa shape index (κ2) is 5.86. The average molecular weight is 282 g/mol. The molecule has 1 saturated carbocycles. The van der Waals surface area contributed by atoms with E-state index in [0.29, 0.717) is 13.1 Å². The third-order valence-electron chi connectivity index (χ3n) is 4.75. The molecule has 0 aliphatic heterocycles. The fraction of sp³-hybridized carbons (Fsp3) is 0.389. The van der Waals surface area contributed by atoms with Crippen molar-refractivity contribution < 1.29 is 4.79 Å². The van der Waals surface area contributed by atoms with Crippen LogP contribution < -0.4 is 11.1 Å². The van der Waals surface area contributed by atoms with Crippen LogP contribution in [0.1, 0.15) is 31.2 Å². The predicted molar refractivity (Wildman–Crippen MR) is 85.8 cm³/mol. The largest absolute Gasteiger partial charge is 0.351 e. The maximum Gasteiger partial charge on any atom is 0.227 e. The van der Waals surface area contributed by atoms with Gasteiger partial charge in [0.1, 0.15) is 0 Å². The number of rotatable bonds is 4. The van der Waals surface area contributed by atoms with Crippen molar-refractivity contribution in [3.63, 3.8) is 0 Å². The van der Waals surface area contributed by atoms with E-state index < -0.39 is 0 Å². The maximum atomic E-state index is 12.5. The molecule has 3 nitrogen and oxygen atoms in total. The number of carbonyl (C=O) groups is 1. The van der Waals surface area contributed by atoms with E-state index in [9.17, 15) is 4.79 Å². The number of hydrogen-bond donors (Lipinski definition) is 2. The second-order valence-corrected chi connectivity index (χ2v) is 6.01. The first-order valence-electron chi connectivity index (χ1n) is 7.70. The Morgan fingerprint density at radius 2 is 1.81 bits per heavy atom. The highest BCUT2D eigenvalue weighted by atomic mass is 16.2. The van der Waals surface area contributed by atoms with Gasteiger partial charge in [0, 0.05) is 13.1 Å². The molecule has 3 N–H and O–H groups in total. The third-order valence-corrected chi connectivity index (χ3v) is 4.75. The molecule has 2 aromatic carbocycles. The molecule has 0 atom stereocenters. The van der Waals surface area contributed by atoms with Gasteiger partial charge in [0.05, 0.1) is 5.41 Å². The zero-order valence-electron chi connectivity index (χ0n) is 12.3. The minimum Gasteiger partial charge on any atom is -0.351 e. The Hall–Kier alpha value is -1.87. The molecule has 0 aromatic heterocycles. The first kappa shape index (κ1) is 14.1. The van der Waals surface area contributed by atoms with Gasteiger partial charge in [-0.3, -0.25) is 4.79 Å². The van der Waals surface area contributed by atoms with E-state index in [4.69, 9.17) is 5.73 Å². The highest BCUT2D eigenvalue weighted by Gasteiger charge is 2.39. The smallest absolute Gasteiger partial charge is 0.227 e. The topological polar surface area (TPSA) is 55.1 Å². The van der Waals surface area contributed by atoms with Crippen molar-refractivity contribution in [1.82, 2.24) is 5.32 Å². The molecule has 2 aromatic rings. The number of nitrogens with two attached hydrogens (primary N) is 1. The molecular formula is C18H22N2O. The van der Waals surface area contributed by atoms with E-state index in [-0.39, 0.29) is 11.3 Å². The SMILES string of the molecule is NCC1(C(=O)NCc2cccc3ccccc23)CCCC1. The van der Waals surface area contributed by atoms with Crippen molar-refractivity contribution in [2.45, 2.75) is 32.2 Å². The molecule has 1 aliphatic rings. The molecule has 3 rings (SSSR count). The van der Waals surface area contributed by atoms with E-state index in [2.05, 4.69) is 29.6 Å². The molecule has 0 spiro atoms. The molecule has 1 aliphatic carbocycles. The lowest BCUT2D eigenvalue weighted by molar-refractivity contribution is -0.130. The van der Waals surface area contributed by atoms with Gasteiger partial charge in [-0.05, 0) is 29.2 Å². The summed E-state index contributed by atoms with van der Waals surface area (Å²) in [6, 6.07) is 14.5. The summed E-state index contributed by atoms with van der Waals surface area (Å²) in [5.41, 5.74) is 6.70.